The first-order valence-electron chi connectivity index (χ1n) is 6.74. The van der Waals surface area contributed by atoms with E-state index in [9.17, 15) is 4.79 Å². The minimum absolute atomic E-state index is 0.344. The molecule has 0 radical (unpaired) electrons. The predicted octanol–water partition coefficient (Wildman–Crippen LogP) is 4.04. The summed E-state index contributed by atoms with van der Waals surface area (Å²) >= 11 is 6.07. The fourth-order valence-corrected chi connectivity index (χ4v) is 2.87. The lowest BCUT2D eigenvalue weighted by Crippen LogP contribution is -2.13. The zero-order valence-corrected chi connectivity index (χ0v) is 12.2. The lowest BCUT2D eigenvalue weighted by molar-refractivity contribution is 0.0600. The Morgan fingerprint density at radius 2 is 2.11 bits per heavy atom. The van der Waals surface area contributed by atoms with Crippen molar-refractivity contribution in [2.75, 3.05) is 19.0 Å². The molecule has 1 aromatic rings. The highest BCUT2D eigenvalue weighted by Crippen LogP contribution is 2.28. The van der Waals surface area contributed by atoms with Crippen LogP contribution in [0.2, 0.25) is 5.02 Å². The van der Waals surface area contributed by atoms with E-state index in [4.69, 9.17) is 16.3 Å². The molecule has 1 aliphatic rings. The summed E-state index contributed by atoms with van der Waals surface area (Å²) in [4.78, 5) is 11.7. The van der Waals surface area contributed by atoms with Gasteiger partial charge in [0, 0.05) is 17.3 Å². The molecule has 1 fully saturated rings. The summed E-state index contributed by atoms with van der Waals surface area (Å²) in [6.07, 6.45) is 5.23. The third-order valence-electron chi connectivity index (χ3n) is 3.83. The van der Waals surface area contributed by atoms with Crippen LogP contribution in [0.5, 0.6) is 0 Å². The van der Waals surface area contributed by atoms with Gasteiger partial charge in [0.1, 0.15) is 0 Å². The van der Waals surface area contributed by atoms with Crippen molar-refractivity contribution in [1.82, 2.24) is 0 Å². The SMILES string of the molecule is COC(=O)c1cc(Cl)cc(NCC2CCCC2)c1C. The Morgan fingerprint density at radius 3 is 2.74 bits per heavy atom. The monoisotopic (exact) mass is 281 g/mol. The van der Waals surface area contributed by atoms with Gasteiger partial charge in [0.05, 0.1) is 12.7 Å². The average Bonchev–Trinajstić information content (AvgIpc) is 2.91. The molecule has 0 heterocycles. The van der Waals surface area contributed by atoms with Crippen LogP contribution in [0.15, 0.2) is 12.1 Å². The quantitative estimate of drug-likeness (QED) is 0.847. The van der Waals surface area contributed by atoms with Crippen LogP contribution >= 0.6 is 11.6 Å². The summed E-state index contributed by atoms with van der Waals surface area (Å²) in [5, 5.41) is 3.98. The maximum atomic E-state index is 11.7. The number of halogens is 1. The normalized spacial score (nSPS) is 15.5. The number of carbonyl (C=O) groups is 1. The van der Waals surface area contributed by atoms with Crippen molar-refractivity contribution in [2.45, 2.75) is 32.6 Å². The second kappa shape index (κ2) is 6.29. The average molecular weight is 282 g/mol. The fraction of sp³-hybridized carbons (Fsp3) is 0.533. The first-order valence-corrected chi connectivity index (χ1v) is 7.12. The molecule has 1 N–H and O–H groups in total. The Hall–Kier alpha value is -1.22. The molecule has 1 saturated carbocycles. The number of methoxy groups -OCH3 is 1. The van der Waals surface area contributed by atoms with E-state index in [2.05, 4.69) is 5.32 Å². The van der Waals surface area contributed by atoms with Crippen LogP contribution in [-0.2, 0) is 4.74 Å². The van der Waals surface area contributed by atoms with E-state index in [0.717, 1.165) is 23.7 Å². The molecular weight excluding hydrogens is 262 g/mol. The van der Waals surface area contributed by atoms with Crippen molar-refractivity contribution in [3.05, 3.63) is 28.3 Å². The van der Waals surface area contributed by atoms with E-state index in [-0.39, 0.29) is 5.97 Å². The third kappa shape index (κ3) is 3.41. The smallest absolute Gasteiger partial charge is 0.338 e. The van der Waals surface area contributed by atoms with Gasteiger partial charge in [0.15, 0.2) is 0 Å². The number of hydrogen-bond donors (Lipinski definition) is 1. The molecule has 0 aromatic heterocycles. The van der Waals surface area contributed by atoms with E-state index >= 15 is 0 Å². The van der Waals surface area contributed by atoms with Gasteiger partial charge in [-0.15, -0.1) is 0 Å². The van der Waals surface area contributed by atoms with Crippen LogP contribution in [0.4, 0.5) is 5.69 Å². The molecule has 2 rings (SSSR count). The molecule has 19 heavy (non-hydrogen) atoms. The van der Waals surface area contributed by atoms with Crippen molar-refractivity contribution >= 4 is 23.3 Å². The van der Waals surface area contributed by atoms with Crippen LogP contribution in [0.25, 0.3) is 0 Å². The summed E-state index contributed by atoms with van der Waals surface area (Å²) < 4.78 is 4.78. The number of nitrogens with one attached hydrogen (secondary N) is 1. The number of rotatable bonds is 4. The van der Waals surface area contributed by atoms with Crippen LogP contribution in [0, 0.1) is 12.8 Å². The summed E-state index contributed by atoms with van der Waals surface area (Å²) in [6, 6.07) is 3.53. The number of benzene rings is 1. The molecule has 4 heteroatoms. The molecule has 0 atom stereocenters. The van der Waals surface area contributed by atoms with E-state index in [1.165, 1.54) is 32.8 Å². The molecule has 0 saturated heterocycles. The zero-order chi connectivity index (χ0) is 13.8. The minimum Gasteiger partial charge on any atom is -0.465 e. The summed E-state index contributed by atoms with van der Waals surface area (Å²) in [6.45, 7) is 2.86. The summed E-state index contributed by atoms with van der Waals surface area (Å²) in [5.41, 5.74) is 2.36. The lowest BCUT2D eigenvalue weighted by atomic mass is 10.0. The van der Waals surface area contributed by atoms with E-state index < -0.39 is 0 Å². The second-order valence-corrected chi connectivity index (χ2v) is 5.59. The van der Waals surface area contributed by atoms with E-state index in [0.29, 0.717) is 10.6 Å². The van der Waals surface area contributed by atoms with Crippen molar-refractivity contribution in [1.29, 1.82) is 0 Å². The Balaban J connectivity index is 2.14. The molecule has 0 amide bonds. The number of esters is 1. The van der Waals surface area contributed by atoms with Gasteiger partial charge in [-0.05, 0) is 43.4 Å². The lowest BCUT2D eigenvalue weighted by Gasteiger charge is -2.16. The molecule has 3 nitrogen and oxygen atoms in total. The van der Waals surface area contributed by atoms with Gasteiger partial charge in [-0.25, -0.2) is 4.79 Å². The number of anilines is 1. The Morgan fingerprint density at radius 1 is 1.42 bits per heavy atom. The first-order chi connectivity index (χ1) is 9.11. The molecule has 104 valence electrons. The third-order valence-corrected chi connectivity index (χ3v) is 4.05. The zero-order valence-electron chi connectivity index (χ0n) is 11.5. The molecule has 1 aliphatic carbocycles. The van der Waals surface area contributed by atoms with E-state index in [1.807, 2.05) is 13.0 Å². The molecular formula is C15H20ClNO2. The van der Waals surface area contributed by atoms with Crippen LogP contribution in [0.3, 0.4) is 0 Å². The second-order valence-electron chi connectivity index (χ2n) is 5.15. The van der Waals surface area contributed by atoms with Crippen LogP contribution < -0.4 is 5.32 Å². The minimum atomic E-state index is -0.344. The first kappa shape index (κ1) is 14.2. The molecule has 0 bridgehead atoms. The van der Waals surface area contributed by atoms with Gasteiger partial charge < -0.3 is 10.1 Å². The maximum absolute atomic E-state index is 11.7. The predicted molar refractivity (Wildman–Crippen MR) is 78.0 cm³/mol. The van der Waals surface area contributed by atoms with Crippen LogP contribution in [-0.4, -0.2) is 19.6 Å². The summed E-state index contributed by atoms with van der Waals surface area (Å²) in [5.74, 6) is 0.392. The topological polar surface area (TPSA) is 38.3 Å². The fourth-order valence-electron chi connectivity index (χ4n) is 2.65. The van der Waals surface area contributed by atoms with Gasteiger partial charge in [-0.3, -0.25) is 0 Å². The van der Waals surface area contributed by atoms with Crippen molar-refractivity contribution in [3.8, 4) is 0 Å². The van der Waals surface area contributed by atoms with Gasteiger partial charge >= 0.3 is 5.97 Å². The Labute approximate surface area is 119 Å². The van der Waals surface area contributed by atoms with Crippen LogP contribution in [0.1, 0.15) is 41.6 Å². The Bertz CT molecular complexity index is 467. The van der Waals surface area contributed by atoms with Crippen molar-refractivity contribution in [2.24, 2.45) is 5.92 Å². The van der Waals surface area contributed by atoms with E-state index in [1.54, 1.807) is 6.07 Å². The van der Waals surface area contributed by atoms with Crippen molar-refractivity contribution in [3.63, 3.8) is 0 Å². The number of carbonyl (C=O) groups excluding carboxylic acids is 1. The maximum Gasteiger partial charge on any atom is 0.338 e. The molecule has 0 spiro atoms. The largest absolute Gasteiger partial charge is 0.465 e. The standard InChI is InChI=1S/C15H20ClNO2/c1-10-13(15(18)19-2)7-12(16)8-14(10)17-9-11-5-3-4-6-11/h7-8,11,17H,3-6,9H2,1-2H3. The Kier molecular flexibility index (Phi) is 4.70. The summed E-state index contributed by atoms with van der Waals surface area (Å²) in [7, 11) is 1.38. The highest BCUT2D eigenvalue weighted by atomic mass is 35.5. The molecule has 0 unspecified atom stereocenters. The number of hydrogen-bond acceptors (Lipinski definition) is 3. The van der Waals surface area contributed by atoms with Crippen molar-refractivity contribution < 1.29 is 9.53 Å². The van der Waals surface area contributed by atoms with Gasteiger partial charge in [-0.1, -0.05) is 24.4 Å². The molecule has 0 aliphatic heterocycles. The van der Waals surface area contributed by atoms with Gasteiger partial charge in [0.2, 0.25) is 0 Å². The van der Waals surface area contributed by atoms with Gasteiger partial charge in [0.25, 0.3) is 0 Å². The van der Waals surface area contributed by atoms with Gasteiger partial charge in [-0.2, -0.15) is 0 Å². The number of ether oxygens (including phenoxy) is 1. The highest BCUT2D eigenvalue weighted by molar-refractivity contribution is 6.31. The molecule has 1 aromatic carbocycles. The highest BCUT2D eigenvalue weighted by Gasteiger charge is 2.17.